The van der Waals surface area contributed by atoms with E-state index in [0.717, 1.165) is 22.2 Å². The smallest absolute Gasteiger partial charge is 0.242 e. The summed E-state index contributed by atoms with van der Waals surface area (Å²) in [4.78, 5) is 27.6. The van der Waals surface area contributed by atoms with Crippen LogP contribution in [0.2, 0.25) is 0 Å². The Bertz CT molecular complexity index is 725. The van der Waals surface area contributed by atoms with Gasteiger partial charge in [0.25, 0.3) is 0 Å². The Labute approximate surface area is 136 Å². The zero-order valence-corrected chi connectivity index (χ0v) is 14.4. The van der Waals surface area contributed by atoms with Crippen LogP contribution in [-0.4, -0.2) is 28.4 Å². The second-order valence-corrected chi connectivity index (χ2v) is 6.98. The number of fused-ring (bicyclic) bond motifs is 1. The minimum absolute atomic E-state index is 0.158. The van der Waals surface area contributed by atoms with Crippen LogP contribution < -0.4 is 10.6 Å². The second kappa shape index (κ2) is 6.44. The van der Waals surface area contributed by atoms with Crippen LogP contribution in [0, 0.1) is 6.92 Å². The fourth-order valence-electron chi connectivity index (χ4n) is 2.56. The molecule has 0 spiro atoms. The second-order valence-electron chi connectivity index (χ2n) is 6.98. The van der Waals surface area contributed by atoms with Gasteiger partial charge in [0.05, 0.1) is 6.42 Å². The number of H-pyrrole nitrogens is 1. The van der Waals surface area contributed by atoms with Gasteiger partial charge in [-0.25, -0.2) is 0 Å². The van der Waals surface area contributed by atoms with Crippen LogP contribution in [-0.2, 0) is 16.0 Å². The van der Waals surface area contributed by atoms with Crippen LogP contribution in [0.1, 0.15) is 39.0 Å². The zero-order chi connectivity index (χ0) is 17.2. The Kier molecular flexibility index (Phi) is 4.78. The van der Waals surface area contributed by atoms with Crippen LogP contribution in [0.5, 0.6) is 0 Å². The monoisotopic (exact) mass is 315 g/mol. The van der Waals surface area contributed by atoms with Gasteiger partial charge in [0.1, 0.15) is 6.04 Å². The standard InChI is InChI=1S/C18H25N3O2/c1-11-14(13-8-6-7-9-15(13)19-11)10-16(22)20-12(2)17(23)21-18(3,4)5/h6-9,12,19H,10H2,1-5H3,(H,20,22)(H,21,23). The van der Waals surface area contributed by atoms with Gasteiger partial charge < -0.3 is 15.6 Å². The summed E-state index contributed by atoms with van der Waals surface area (Å²) >= 11 is 0. The number of benzene rings is 1. The van der Waals surface area contributed by atoms with E-state index in [1.54, 1.807) is 6.92 Å². The number of para-hydroxylation sites is 1. The summed E-state index contributed by atoms with van der Waals surface area (Å²) in [6.07, 6.45) is 0.253. The first-order valence-corrected chi connectivity index (χ1v) is 7.85. The summed E-state index contributed by atoms with van der Waals surface area (Å²) in [5.74, 6) is -0.337. The van der Waals surface area contributed by atoms with E-state index in [9.17, 15) is 9.59 Å². The molecule has 2 aromatic rings. The predicted molar refractivity (Wildman–Crippen MR) is 92.2 cm³/mol. The summed E-state index contributed by atoms with van der Waals surface area (Å²) in [6.45, 7) is 9.39. The van der Waals surface area contributed by atoms with Gasteiger partial charge in [-0.05, 0) is 46.2 Å². The lowest BCUT2D eigenvalue weighted by Crippen LogP contribution is -2.51. The predicted octanol–water partition coefficient (Wildman–Crippen LogP) is 2.44. The highest BCUT2D eigenvalue weighted by molar-refractivity contribution is 5.92. The molecule has 1 aromatic carbocycles. The van der Waals surface area contributed by atoms with Gasteiger partial charge in [-0.1, -0.05) is 18.2 Å². The summed E-state index contributed by atoms with van der Waals surface area (Å²) in [6, 6.07) is 7.34. The van der Waals surface area contributed by atoms with Crippen LogP contribution in [0.3, 0.4) is 0 Å². The fraction of sp³-hybridized carbons (Fsp3) is 0.444. The summed E-state index contributed by atoms with van der Waals surface area (Å²) in [5, 5.41) is 6.68. The van der Waals surface area contributed by atoms with E-state index >= 15 is 0 Å². The SMILES string of the molecule is Cc1[nH]c2ccccc2c1CC(=O)NC(C)C(=O)NC(C)(C)C. The third kappa shape index (κ3) is 4.34. The molecule has 23 heavy (non-hydrogen) atoms. The Morgan fingerprint density at radius 1 is 1.22 bits per heavy atom. The minimum atomic E-state index is -0.563. The van der Waals surface area contributed by atoms with Crippen molar-refractivity contribution in [2.45, 2.75) is 52.6 Å². The Morgan fingerprint density at radius 3 is 2.52 bits per heavy atom. The molecule has 0 bridgehead atoms. The van der Waals surface area contributed by atoms with Crippen molar-refractivity contribution in [3.05, 3.63) is 35.5 Å². The van der Waals surface area contributed by atoms with E-state index in [0.29, 0.717) is 0 Å². The molecular weight excluding hydrogens is 290 g/mol. The number of carbonyl (C=O) groups excluding carboxylic acids is 2. The molecule has 2 amide bonds. The fourth-order valence-corrected chi connectivity index (χ4v) is 2.56. The van der Waals surface area contributed by atoms with Crippen molar-refractivity contribution in [1.82, 2.24) is 15.6 Å². The molecule has 1 heterocycles. The Hall–Kier alpha value is -2.30. The molecule has 5 nitrogen and oxygen atoms in total. The van der Waals surface area contributed by atoms with Crippen molar-refractivity contribution in [3.63, 3.8) is 0 Å². The molecule has 1 atom stereocenters. The number of aromatic amines is 1. The van der Waals surface area contributed by atoms with E-state index in [1.807, 2.05) is 52.0 Å². The van der Waals surface area contributed by atoms with Crippen molar-refractivity contribution >= 4 is 22.7 Å². The van der Waals surface area contributed by atoms with Gasteiger partial charge in [0.2, 0.25) is 11.8 Å². The largest absolute Gasteiger partial charge is 0.358 e. The molecule has 0 aliphatic heterocycles. The van der Waals surface area contributed by atoms with Crippen molar-refractivity contribution in [2.75, 3.05) is 0 Å². The lowest BCUT2D eigenvalue weighted by Gasteiger charge is -2.23. The van der Waals surface area contributed by atoms with Crippen molar-refractivity contribution < 1.29 is 9.59 Å². The summed E-state index contributed by atoms with van der Waals surface area (Å²) in [7, 11) is 0. The molecule has 1 aromatic heterocycles. The maximum absolute atomic E-state index is 12.3. The first kappa shape index (κ1) is 17.1. The summed E-state index contributed by atoms with van der Waals surface area (Å²) in [5.41, 5.74) is 2.66. The molecular formula is C18H25N3O2. The van der Waals surface area contributed by atoms with E-state index in [4.69, 9.17) is 0 Å². The van der Waals surface area contributed by atoms with Gasteiger partial charge in [-0.2, -0.15) is 0 Å². The van der Waals surface area contributed by atoms with Crippen LogP contribution >= 0.6 is 0 Å². The van der Waals surface area contributed by atoms with Crippen LogP contribution in [0.4, 0.5) is 0 Å². The summed E-state index contributed by atoms with van der Waals surface area (Å²) < 4.78 is 0. The number of amides is 2. The molecule has 1 unspecified atom stereocenters. The molecule has 3 N–H and O–H groups in total. The van der Waals surface area contributed by atoms with Crippen molar-refractivity contribution in [2.24, 2.45) is 0 Å². The number of rotatable bonds is 4. The number of hydrogen-bond acceptors (Lipinski definition) is 2. The lowest BCUT2D eigenvalue weighted by atomic mass is 10.1. The maximum Gasteiger partial charge on any atom is 0.242 e. The zero-order valence-electron chi connectivity index (χ0n) is 14.4. The highest BCUT2D eigenvalue weighted by atomic mass is 16.2. The Morgan fingerprint density at radius 2 is 1.87 bits per heavy atom. The number of aromatic nitrogens is 1. The van der Waals surface area contributed by atoms with Gasteiger partial charge in [-0.15, -0.1) is 0 Å². The highest BCUT2D eigenvalue weighted by Gasteiger charge is 2.21. The molecule has 0 saturated carbocycles. The molecule has 0 radical (unpaired) electrons. The van der Waals surface area contributed by atoms with E-state index in [-0.39, 0.29) is 23.8 Å². The van der Waals surface area contributed by atoms with Crippen LogP contribution in [0.25, 0.3) is 10.9 Å². The topological polar surface area (TPSA) is 74.0 Å². The number of nitrogens with one attached hydrogen (secondary N) is 3. The quantitative estimate of drug-likeness (QED) is 0.810. The molecule has 5 heteroatoms. The van der Waals surface area contributed by atoms with Gasteiger partial charge >= 0.3 is 0 Å². The maximum atomic E-state index is 12.3. The number of carbonyl (C=O) groups is 2. The third-order valence-corrected chi connectivity index (χ3v) is 3.63. The minimum Gasteiger partial charge on any atom is -0.358 e. The molecule has 0 fully saturated rings. The molecule has 0 saturated heterocycles. The molecule has 0 aliphatic carbocycles. The first-order chi connectivity index (χ1) is 10.7. The van der Waals surface area contributed by atoms with Crippen molar-refractivity contribution in [1.29, 1.82) is 0 Å². The van der Waals surface area contributed by atoms with Gasteiger partial charge in [-0.3, -0.25) is 9.59 Å². The van der Waals surface area contributed by atoms with Gasteiger partial charge in [0.15, 0.2) is 0 Å². The molecule has 0 aliphatic rings. The molecule has 124 valence electrons. The highest BCUT2D eigenvalue weighted by Crippen LogP contribution is 2.22. The number of hydrogen-bond donors (Lipinski definition) is 3. The third-order valence-electron chi connectivity index (χ3n) is 3.63. The first-order valence-electron chi connectivity index (χ1n) is 7.85. The molecule has 2 rings (SSSR count). The Balaban J connectivity index is 2.04. The number of aryl methyl sites for hydroxylation is 1. The van der Waals surface area contributed by atoms with Gasteiger partial charge in [0, 0.05) is 22.1 Å². The van der Waals surface area contributed by atoms with Crippen molar-refractivity contribution in [3.8, 4) is 0 Å². The van der Waals surface area contributed by atoms with E-state index in [2.05, 4.69) is 15.6 Å². The average molecular weight is 315 g/mol. The van der Waals surface area contributed by atoms with Crippen LogP contribution in [0.15, 0.2) is 24.3 Å². The normalized spacial score (nSPS) is 12.9. The lowest BCUT2D eigenvalue weighted by molar-refractivity contribution is -0.129. The average Bonchev–Trinajstić information content (AvgIpc) is 2.73. The van der Waals surface area contributed by atoms with E-state index < -0.39 is 6.04 Å². The van der Waals surface area contributed by atoms with E-state index in [1.165, 1.54) is 0 Å².